The van der Waals surface area contributed by atoms with Gasteiger partial charge in [-0.25, -0.2) is 18.1 Å². The molecule has 0 aliphatic carbocycles. The van der Waals surface area contributed by atoms with Gasteiger partial charge in [0, 0.05) is 18.9 Å². The summed E-state index contributed by atoms with van der Waals surface area (Å²) in [5.74, 6) is 0. The molecule has 0 saturated carbocycles. The first-order valence-electron chi connectivity index (χ1n) is 4.55. The molecular weight excluding hydrogens is 228 g/mol. The van der Waals surface area contributed by atoms with Gasteiger partial charge in [-0.1, -0.05) is 0 Å². The van der Waals surface area contributed by atoms with Crippen molar-refractivity contribution in [3.05, 3.63) is 42.6 Å². The third-order valence-electron chi connectivity index (χ3n) is 1.98. The molecule has 2 aromatic rings. The molecule has 2 N–H and O–H groups in total. The lowest BCUT2D eigenvalue weighted by atomic mass is 10.3. The van der Waals surface area contributed by atoms with Crippen LogP contribution in [0.4, 0.5) is 0 Å². The number of hydrogen-bond donors (Lipinski definition) is 2. The second-order valence-corrected chi connectivity index (χ2v) is 4.83. The van der Waals surface area contributed by atoms with Crippen LogP contribution in [0.15, 0.2) is 42.1 Å². The molecule has 84 valence electrons. The van der Waals surface area contributed by atoms with Crippen LogP contribution in [0.25, 0.3) is 0 Å². The summed E-state index contributed by atoms with van der Waals surface area (Å²) in [6.07, 6.45) is 5.80. The summed E-state index contributed by atoms with van der Waals surface area (Å²) in [5, 5.41) is 0.0570. The topological polar surface area (TPSA) is 87.7 Å². The summed E-state index contributed by atoms with van der Waals surface area (Å²) in [4.78, 5) is 10.0. The number of aromatic nitrogens is 3. The van der Waals surface area contributed by atoms with Crippen molar-refractivity contribution in [2.75, 3.05) is 0 Å². The lowest BCUT2D eigenvalue weighted by molar-refractivity contribution is 0.578. The molecule has 6 nitrogen and oxygen atoms in total. The average Bonchev–Trinajstić information content (AvgIpc) is 2.82. The van der Waals surface area contributed by atoms with E-state index in [1.54, 1.807) is 24.5 Å². The fourth-order valence-electron chi connectivity index (χ4n) is 1.15. The molecule has 0 atom stereocenters. The normalized spacial score (nSPS) is 11.5. The van der Waals surface area contributed by atoms with Crippen LogP contribution in [-0.2, 0) is 16.6 Å². The van der Waals surface area contributed by atoms with Crippen molar-refractivity contribution in [3.8, 4) is 0 Å². The summed E-state index contributed by atoms with van der Waals surface area (Å²) in [6.45, 7) is 0.226. The fraction of sp³-hybridized carbons (Fsp3) is 0.111. The van der Waals surface area contributed by atoms with Gasteiger partial charge in [-0.3, -0.25) is 4.98 Å². The molecule has 16 heavy (non-hydrogen) atoms. The smallest absolute Gasteiger partial charge is 0.257 e. The molecule has 0 fully saturated rings. The first-order valence-corrected chi connectivity index (χ1v) is 6.04. The van der Waals surface area contributed by atoms with Crippen LogP contribution in [-0.4, -0.2) is 23.4 Å². The Kier molecular flexibility index (Phi) is 2.97. The highest BCUT2D eigenvalue weighted by atomic mass is 32.2. The second kappa shape index (κ2) is 4.42. The van der Waals surface area contributed by atoms with Gasteiger partial charge in [0.25, 0.3) is 10.0 Å². The average molecular weight is 238 g/mol. The van der Waals surface area contributed by atoms with Crippen molar-refractivity contribution in [3.63, 3.8) is 0 Å². The van der Waals surface area contributed by atoms with Crippen LogP contribution < -0.4 is 4.72 Å². The molecular formula is C9H10N4O2S. The molecule has 0 unspecified atom stereocenters. The Balaban J connectivity index is 2.07. The van der Waals surface area contributed by atoms with Gasteiger partial charge < -0.3 is 4.98 Å². The highest BCUT2D eigenvalue weighted by Gasteiger charge is 2.14. The van der Waals surface area contributed by atoms with Gasteiger partial charge in [0.2, 0.25) is 0 Å². The Labute approximate surface area is 92.8 Å². The van der Waals surface area contributed by atoms with Gasteiger partial charge in [-0.2, -0.15) is 0 Å². The van der Waals surface area contributed by atoms with Crippen molar-refractivity contribution < 1.29 is 8.42 Å². The van der Waals surface area contributed by atoms with E-state index in [0.29, 0.717) is 0 Å². The molecule has 2 rings (SSSR count). The third kappa shape index (κ3) is 2.44. The molecule has 0 aromatic carbocycles. The highest BCUT2D eigenvalue weighted by Crippen LogP contribution is 2.03. The molecule has 7 heteroatoms. The Morgan fingerprint density at radius 2 is 2.00 bits per heavy atom. The van der Waals surface area contributed by atoms with Crippen molar-refractivity contribution in [2.24, 2.45) is 0 Å². The van der Waals surface area contributed by atoms with E-state index < -0.39 is 10.0 Å². The lowest BCUT2D eigenvalue weighted by Gasteiger charge is -2.03. The van der Waals surface area contributed by atoms with Gasteiger partial charge in [-0.05, 0) is 17.7 Å². The van der Waals surface area contributed by atoms with Gasteiger partial charge >= 0.3 is 0 Å². The number of imidazole rings is 1. The van der Waals surface area contributed by atoms with Crippen molar-refractivity contribution in [1.29, 1.82) is 0 Å². The van der Waals surface area contributed by atoms with Crippen molar-refractivity contribution in [2.45, 2.75) is 11.6 Å². The predicted octanol–water partition coefficient (Wildman–Crippen LogP) is 0.283. The molecule has 2 aromatic heterocycles. The Hall–Kier alpha value is -1.73. The van der Waals surface area contributed by atoms with Crippen LogP contribution in [0, 0.1) is 0 Å². The fourth-order valence-corrected chi connectivity index (χ4v) is 2.07. The first-order chi connectivity index (χ1) is 7.68. The second-order valence-electron chi connectivity index (χ2n) is 3.10. The number of nitrogens with zero attached hydrogens (tertiary/aromatic N) is 2. The standard InChI is InChI=1S/C9H10N4O2S/c14-16(15,9-6-11-7-12-9)13-5-8-1-3-10-4-2-8/h1-4,6-7,13H,5H2,(H,11,12). The maximum atomic E-state index is 11.7. The van der Waals surface area contributed by atoms with E-state index in [0.717, 1.165) is 5.56 Å². The number of hydrogen-bond acceptors (Lipinski definition) is 4. The number of rotatable bonds is 4. The number of pyridine rings is 1. The van der Waals surface area contributed by atoms with Gasteiger partial charge in [-0.15, -0.1) is 0 Å². The van der Waals surface area contributed by atoms with E-state index in [9.17, 15) is 8.42 Å². The van der Waals surface area contributed by atoms with E-state index in [2.05, 4.69) is 19.7 Å². The Morgan fingerprint density at radius 3 is 2.62 bits per heavy atom. The molecule has 0 radical (unpaired) electrons. The molecule has 0 aliphatic rings. The molecule has 0 saturated heterocycles. The molecule has 0 spiro atoms. The summed E-state index contributed by atoms with van der Waals surface area (Å²) < 4.78 is 25.8. The molecule has 0 aliphatic heterocycles. The number of nitrogens with one attached hydrogen (secondary N) is 2. The number of H-pyrrole nitrogens is 1. The minimum Gasteiger partial charge on any atom is -0.335 e. The zero-order chi connectivity index (χ0) is 11.4. The van der Waals surface area contributed by atoms with Crippen molar-refractivity contribution in [1.82, 2.24) is 19.7 Å². The maximum Gasteiger partial charge on any atom is 0.257 e. The van der Waals surface area contributed by atoms with Crippen LogP contribution >= 0.6 is 0 Å². The Morgan fingerprint density at radius 1 is 1.25 bits per heavy atom. The van der Waals surface area contributed by atoms with E-state index in [1.807, 2.05) is 0 Å². The zero-order valence-electron chi connectivity index (χ0n) is 8.29. The van der Waals surface area contributed by atoms with Crippen molar-refractivity contribution >= 4 is 10.0 Å². The molecule has 0 bridgehead atoms. The summed E-state index contributed by atoms with van der Waals surface area (Å²) in [7, 11) is -3.50. The summed E-state index contributed by atoms with van der Waals surface area (Å²) >= 11 is 0. The van der Waals surface area contributed by atoms with E-state index in [-0.39, 0.29) is 11.6 Å². The minimum atomic E-state index is -3.50. The predicted molar refractivity (Wildman–Crippen MR) is 56.9 cm³/mol. The summed E-state index contributed by atoms with van der Waals surface area (Å²) in [6, 6.07) is 3.49. The third-order valence-corrected chi connectivity index (χ3v) is 3.30. The monoisotopic (exact) mass is 238 g/mol. The van der Waals surface area contributed by atoms with Gasteiger partial charge in [0.1, 0.15) is 0 Å². The number of aromatic amines is 1. The largest absolute Gasteiger partial charge is 0.335 e. The Bertz CT molecular complexity index is 536. The summed E-state index contributed by atoms with van der Waals surface area (Å²) in [5.41, 5.74) is 0.845. The van der Waals surface area contributed by atoms with Gasteiger partial charge in [0.15, 0.2) is 5.03 Å². The quantitative estimate of drug-likeness (QED) is 0.801. The van der Waals surface area contributed by atoms with Crippen LogP contribution in [0.5, 0.6) is 0 Å². The van der Waals surface area contributed by atoms with Crippen LogP contribution in [0.1, 0.15) is 5.56 Å². The lowest BCUT2D eigenvalue weighted by Crippen LogP contribution is -2.23. The number of sulfonamides is 1. The highest BCUT2D eigenvalue weighted by molar-refractivity contribution is 7.89. The van der Waals surface area contributed by atoms with E-state index >= 15 is 0 Å². The van der Waals surface area contributed by atoms with Crippen LogP contribution in [0.3, 0.4) is 0 Å². The first kappa shape index (κ1) is 10.8. The maximum absolute atomic E-state index is 11.7. The van der Waals surface area contributed by atoms with E-state index in [1.165, 1.54) is 12.5 Å². The van der Waals surface area contributed by atoms with Crippen LogP contribution in [0.2, 0.25) is 0 Å². The van der Waals surface area contributed by atoms with Gasteiger partial charge in [0.05, 0.1) is 12.5 Å². The minimum absolute atomic E-state index is 0.0570. The zero-order valence-corrected chi connectivity index (χ0v) is 9.11. The van der Waals surface area contributed by atoms with E-state index in [4.69, 9.17) is 0 Å². The molecule has 0 amide bonds. The molecule has 2 heterocycles. The SMILES string of the molecule is O=S(=O)(NCc1ccncc1)c1cnc[nH]1.